The molecule has 0 saturated carbocycles. The monoisotopic (exact) mass is 320 g/mol. The molecule has 8 heteroatoms. The Labute approximate surface area is 131 Å². The highest BCUT2D eigenvalue weighted by atomic mass is 16.6. The second-order valence-electron chi connectivity index (χ2n) is 4.37. The fourth-order valence-electron chi connectivity index (χ4n) is 1.32. The van der Waals surface area contributed by atoms with Crippen molar-refractivity contribution in [3.05, 3.63) is 0 Å². The third kappa shape index (κ3) is 16.8. The van der Waals surface area contributed by atoms with Crippen molar-refractivity contribution in [2.45, 2.75) is 19.8 Å². The van der Waals surface area contributed by atoms with Gasteiger partial charge in [0.25, 0.3) is 0 Å². The van der Waals surface area contributed by atoms with Gasteiger partial charge < -0.3 is 30.0 Å². The van der Waals surface area contributed by atoms with Gasteiger partial charge in [0.15, 0.2) is 0 Å². The summed E-state index contributed by atoms with van der Waals surface area (Å²) >= 11 is 0. The molecule has 0 aromatic carbocycles. The Kier molecular flexibility index (Phi) is 15.3. The van der Waals surface area contributed by atoms with Crippen LogP contribution in [0.4, 0.5) is 0 Å². The molecule has 0 rings (SSSR count). The second kappa shape index (κ2) is 16.2. The molecule has 0 spiro atoms. The first-order valence-corrected chi connectivity index (χ1v) is 7.52. The first kappa shape index (κ1) is 20.8. The Morgan fingerprint density at radius 2 is 1.27 bits per heavy atom. The van der Waals surface area contributed by atoms with Crippen molar-refractivity contribution in [1.82, 2.24) is 5.32 Å². The van der Waals surface area contributed by atoms with Crippen molar-refractivity contribution >= 4 is 11.8 Å². The molecule has 0 fully saturated rings. The molecule has 0 bridgehead atoms. The van der Waals surface area contributed by atoms with Gasteiger partial charge >= 0.3 is 0 Å². The zero-order chi connectivity index (χ0) is 16.5. The molecule has 0 unspecified atom stereocenters. The third-order valence-corrected chi connectivity index (χ3v) is 2.50. The lowest BCUT2D eigenvalue weighted by Gasteiger charge is -2.07. The molecule has 0 aliphatic carbocycles. The molecule has 0 aromatic rings. The minimum Gasteiger partial charge on any atom is -0.379 e. The molecule has 0 saturated heterocycles. The smallest absolute Gasteiger partial charge is 0.219 e. The zero-order valence-corrected chi connectivity index (χ0v) is 13.3. The van der Waals surface area contributed by atoms with Gasteiger partial charge in [0.05, 0.1) is 52.9 Å². The van der Waals surface area contributed by atoms with Crippen LogP contribution in [0.5, 0.6) is 0 Å². The highest BCUT2D eigenvalue weighted by molar-refractivity contribution is 5.75. The molecular weight excluding hydrogens is 292 g/mol. The number of carbonyl (C=O) groups excluding carboxylic acids is 2. The quantitative estimate of drug-likeness (QED) is 0.370. The summed E-state index contributed by atoms with van der Waals surface area (Å²) in [6.07, 6.45) is 0.713. The average Bonchev–Trinajstić information content (AvgIpc) is 2.50. The number of nitrogens with one attached hydrogen (secondary N) is 1. The van der Waals surface area contributed by atoms with Crippen molar-refractivity contribution in [2.24, 2.45) is 5.73 Å². The van der Waals surface area contributed by atoms with Crippen LogP contribution in [0.15, 0.2) is 0 Å². The third-order valence-electron chi connectivity index (χ3n) is 2.50. The van der Waals surface area contributed by atoms with Gasteiger partial charge in [-0.2, -0.15) is 0 Å². The van der Waals surface area contributed by atoms with Crippen LogP contribution in [0.3, 0.4) is 0 Å². The molecule has 130 valence electrons. The van der Waals surface area contributed by atoms with Crippen LogP contribution in [0, 0.1) is 0 Å². The van der Waals surface area contributed by atoms with Crippen LogP contribution in [0.1, 0.15) is 19.8 Å². The van der Waals surface area contributed by atoms with Gasteiger partial charge in [-0.3, -0.25) is 9.59 Å². The molecule has 22 heavy (non-hydrogen) atoms. The van der Waals surface area contributed by atoms with E-state index in [0.717, 1.165) is 0 Å². The minimum absolute atomic E-state index is 0.0237. The summed E-state index contributed by atoms with van der Waals surface area (Å²) in [5.74, 6) is -0.347. The van der Waals surface area contributed by atoms with Gasteiger partial charge in [-0.05, 0) is 0 Å². The maximum Gasteiger partial charge on any atom is 0.219 e. The fourth-order valence-corrected chi connectivity index (χ4v) is 1.32. The van der Waals surface area contributed by atoms with Crippen molar-refractivity contribution in [2.75, 3.05) is 59.4 Å². The molecule has 8 nitrogen and oxygen atoms in total. The Hall–Kier alpha value is -1.22. The molecule has 2 amide bonds. The highest BCUT2D eigenvalue weighted by Crippen LogP contribution is 1.84. The van der Waals surface area contributed by atoms with E-state index in [2.05, 4.69) is 5.32 Å². The van der Waals surface area contributed by atoms with Gasteiger partial charge in [0, 0.05) is 19.4 Å². The number of hydrogen-bond donors (Lipinski definition) is 2. The largest absolute Gasteiger partial charge is 0.379 e. The van der Waals surface area contributed by atoms with E-state index in [1.165, 1.54) is 0 Å². The molecule has 0 heterocycles. The molecule has 3 N–H and O–H groups in total. The zero-order valence-electron chi connectivity index (χ0n) is 13.3. The summed E-state index contributed by atoms with van der Waals surface area (Å²) in [6, 6.07) is 0. The van der Waals surface area contributed by atoms with Gasteiger partial charge in [-0.15, -0.1) is 0 Å². The van der Waals surface area contributed by atoms with E-state index < -0.39 is 0 Å². The van der Waals surface area contributed by atoms with E-state index in [9.17, 15) is 9.59 Å². The van der Waals surface area contributed by atoms with E-state index in [-0.39, 0.29) is 18.2 Å². The molecule has 0 atom stereocenters. The van der Waals surface area contributed by atoms with Crippen LogP contribution in [0.25, 0.3) is 0 Å². The number of nitrogens with two attached hydrogens (primary N) is 1. The average molecular weight is 320 g/mol. The number of amides is 2. The number of hydrogen-bond acceptors (Lipinski definition) is 6. The van der Waals surface area contributed by atoms with Gasteiger partial charge in [-0.1, -0.05) is 6.92 Å². The molecule has 0 aliphatic heterocycles. The topological polar surface area (TPSA) is 109 Å². The van der Waals surface area contributed by atoms with Gasteiger partial charge in [0.2, 0.25) is 11.8 Å². The lowest BCUT2D eigenvalue weighted by molar-refractivity contribution is -0.121. The first-order valence-electron chi connectivity index (χ1n) is 7.52. The number of rotatable bonds is 16. The van der Waals surface area contributed by atoms with Crippen LogP contribution in [-0.4, -0.2) is 71.2 Å². The summed E-state index contributed by atoms with van der Waals surface area (Å²) in [5, 5.41) is 2.72. The summed E-state index contributed by atoms with van der Waals surface area (Å²) < 4.78 is 21.0. The summed E-state index contributed by atoms with van der Waals surface area (Å²) in [7, 11) is 0. The molecule has 0 aromatic heterocycles. The van der Waals surface area contributed by atoms with E-state index in [4.69, 9.17) is 24.7 Å². The number of carbonyl (C=O) groups is 2. The first-order chi connectivity index (χ1) is 10.7. The summed E-state index contributed by atoms with van der Waals surface area (Å²) in [5.41, 5.74) is 4.96. The normalized spacial score (nSPS) is 10.6. The van der Waals surface area contributed by atoms with Crippen LogP contribution >= 0.6 is 0 Å². The van der Waals surface area contributed by atoms with E-state index >= 15 is 0 Å². The predicted octanol–water partition coefficient (Wildman–Crippen LogP) is -0.546. The van der Waals surface area contributed by atoms with Crippen molar-refractivity contribution in [3.63, 3.8) is 0 Å². The Morgan fingerprint density at radius 3 is 1.73 bits per heavy atom. The van der Waals surface area contributed by atoms with Crippen LogP contribution in [0.2, 0.25) is 0 Å². The Morgan fingerprint density at radius 1 is 0.818 bits per heavy atom. The van der Waals surface area contributed by atoms with Crippen molar-refractivity contribution in [1.29, 1.82) is 0 Å². The Bertz CT molecular complexity index is 289. The van der Waals surface area contributed by atoms with Crippen LogP contribution in [-0.2, 0) is 28.5 Å². The highest BCUT2D eigenvalue weighted by Gasteiger charge is 1.96. The number of primary amides is 1. The molecule has 0 radical (unpaired) electrons. The second-order valence-corrected chi connectivity index (χ2v) is 4.37. The number of ether oxygens (including phenoxy) is 4. The lowest BCUT2D eigenvalue weighted by atomic mass is 10.4. The van der Waals surface area contributed by atoms with Gasteiger partial charge in [-0.25, -0.2) is 0 Å². The summed E-state index contributed by atoms with van der Waals surface area (Å²) in [6.45, 7) is 5.95. The van der Waals surface area contributed by atoms with Crippen molar-refractivity contribution in [3.8, 4) is 0 Å². The van der Waals surface area contributed by atoms with E-state index in [1.807, 2.05) is 0 Å². The fraction of sp³-hybridized carbons (Fsp3) is 0.857. The predicted molar refractivity (Wildman–Crippen MR) is 80.4 cm³/mol. The molecule has 0 aliphatic rings. The van der Waals surface area contributed by atoms with E-state index in [0.29, 0.717) is 65.8 Å². The van der Waals surface area contributed by atoms with E-state index in [1.54, 1.807) is 6.92 Å². The van der Waals surface area contributed by atoms with Gasteiger partial charge in [0.1, 0.15) is 0 Å². The maximum atomic E-state index is 10.9. The lowest BCUT2D eigenvalue weighted by Crippen LogP contribution is -2.26. The van der Waals surface area contributed by atoms with Crippen molar-refractivity contribution < 1.29 is 28.5 Å². The Balaban J connectivity index is 3.02. The van der Waals surface area contributed by atoms with Crippen LogP contribution < -0.4 is 11.1 Å². The summed E-state index contributed by atoms with van der Waals surface area (Å²) in [4.78, 5) is 21.4. The molecular formula is C14H28N2O6. The maximum absolute atomic E-state index is 10.9. The minimum atomic E-state index is -0.371. The standard InChI is InChI=1S/C14H28N2O6/c1-2-14(18)16-4-6-20-8-10-22-12-11-21-9-7-19-5-3-13(15)17/h2-12H2,1H3,(H2,15,17)(H,16,18). The SMILES string of the molecule is CCC(=O)NCCOCCOCCOCCOCCC(N)=O.